The van der Waals surface area contributed by atoms with E-state index in [1.54, 1.807) is 13.2 Å². The van der Waals surface area contributed by atoms with Gasteiger partial charge in [0.15, 0.2) is 5.82 Å². The van der Waals surface area contributed by atoms with Crippen molar-refractivity contribution in [3.63, 3.8) is 0 Å². The zero-order valence-corrected chi connectivity index (χ0v) is 13.0. The minimum absolute atomic E-state index is 0.547. The molecule has 0 radical (unpaired) electrons. The summed E-state index contributed by atoms with van der Waals surface area (Å²) < 4.78 is 1.82. The number of nitrogens with zero attached hydrogens (tertiary/aromatic N) is 7. The maximum atomic E-state index is 4.57. The minimum Gasteiger partial charge on any atom is -0.357 e. The van der Waals surface area contributed by atoms with Crippen LogP contribution < -0.4 is 10.2 Å². The van der Waals surface area contributed by atoms with Gasteiger partial charge in [0.25, 0.3) is 0 Å². The topological polar surface area (TPSA) is 84.7 Å². The Morgan fingerprint density at radius 3 is 2.52 bits per heavy atom. The van der Waals surface area contributed by atoms with Gasteiger partial charge in [-0.15, -0.1) is 5.10 Å². The molecule has 2 aromatic heterocycles. The summed E-state index contributed by atoms with van der Waals surface area (Å²) in [7, 11) is 1.80. The van der Waals surface area contributed by atoms with E-state index in [2.05, 4.69) is 56.3 Å². The van der Waals surface area contributed by atoms with Gasteiger partial charge in [0.2, 0.25) is 11.9 Å². The molecule has 2 aromatic rings. The Balaban J connectivity index is 2.47. The van der Waals surface area contributed by atoms with Gasteiger partial charge in [0.1, 0.15) is 5.69 Å². The van der Waals surface area contributed by atoms with Crippen molar-refractivity contribution in [2.24, 2.45) is 0 Å². The van der Waals surface area contributed by atoms with Crippen molar-refractivity contribution >= 4 is 11.9 Å². The van der Waals surface area contributed by atoms with Crippen LogP contribution in [0.1, 0.15) is 27.2 Å². The van der Waals surface area contributed by atoms with Crippen molar-refractivity contribution in [1.29, 1.82) is 0 Å². The Kier molecular flexibility index (Phi) is 5.02. The van der Waals surface area contributed by atoms with E-state index in [0.29, 0.717) is 17.7 Å². The fourth-order valence-electron chi connectivity index (χ4n) is 2.05. The van der Waals surface area contributed by atoms with E-state index in [-0.39, 0.29) is 0 Å². The molecule has 1 N–H and O–H groups in total. The van der Waals surface area contributed by atoms with Crippen LogP contribution in [0.25, 0.3) is 11.5 Å². The second-order valence-electron chi connectivity index (χ2n) is 4.55. The van der Waals surface area contributed by atoms with Gasteiger partial charge in [-0.2, -0.15) is 15.0 Å². The maximum Gasteiger partial charge on any atom is 0.230 e. The second kappa shape index (κ2) is 6.96. The molecule has 0 aliphatic rings. The predicted molar refractivity (Wildman–Crippen MR) is 82.2 cm³/mol. The van der Waals surface area contributed by atoms with Crippen LogP contribution in [0.3, 0.4) is 0 Å². The number of rotatable bonds is 7. The molecular weight excluding hydrogens is 268 g/mol. The van der Waals surface area contributed by atoms with Crippen LogP contribution in [-0.2, 0) is 6.54 Å². The first-order chi connectivity index (χ1) is 10.2. The van der Waals surface area contributed by atoms with Crippen molar-refractivity contribution in [3.8, 4) is 11.5 Å². The van der Waals surface area contributed by atoms with Crippen LogP contribution in [0.4, 0.5) is 11.9 Å². The zero-order valence-electron chi connectivity index (χ0n) is 13.0. The van der Waals surface area contributed by atoms with Gasteiger partial charge >= 0.3 is 0 Å². The van der Waals surface area contributed by atoms with Crippen LogP contribution in [0.5, 0.6) is 0 Å². The molecule has 21 heavy (non-hydrogen) atoms. The number of nitrogens with one attached hydrogen (secondary N) is 1. The SMILES string of the molecule is CCCn1nncc1-c1nc(NC)nc(N(CC)CC)n1. The summed E-state index contributed by atoms with van der Waals surface area (Å²) >= 11 is 0. The number of aromatic nitrogens is 6. The molecule has 0 aromatic carbocycles. The lowest BCUT2D eigenvalue weighted by Gasteiger charge is -2.19. The summed E-state index contributed by atoms with van der Waals surface area (Å²) in [6.07, 6.45) is 2.67. The van der Waals surface area contributed by atoms with Crippen molar-refractivity contribution in [3.05, 3.63) is 6.20 Å². The highest BCUT2D eigenvalue weighted by Crippen LogP contribution is 2.18. The predicted octanol–water partition coefficient (Wildman–Crippen LogP) is 1.43. The fraction of sp³-hybridized carbons (Fsp3) is 0.615. The lowest BCUT2D eigenvalue weighted by molar-refractivity contribution is 0.582. The molecule has 0 saturated heterocycles. The minimum atomic E-state index is 0.547. The molecule has 8 heteroatoms. The highest BCUT2D eigenvalue weighted by molar-refractivity contribution is 5.53. The molecule has 0 spiro atoms. The molecular formula is C13H22N8. The van der Waals surface area contributed by atoms with Crippen LogP contribution in [-0.4, -0.2) is 50.1 Å². The Labute approximate surface area is 124 Å². The molecule has 0 saturated carbocycles. The quantitative estimate of drug-likeness (QED) is 0.825. The van der Waals surface area contributed by atoms with E-state index in [4.69, 9.17) is 0 Å². The first kappa shape index (κ1) is 15.1. The first-order valence-corrected chi connectivity index (χ1v) is 7.31. The van der Waals surface area contributed by atoms with Gasteiger partial charge in [-0.1, -0.05) is 12.1 Å². The van der Waals surface area contributed by atoms with Crippen molar-refractivity contribution < 1.29 is 0 Å². The van der Waals surface area contributed by atoms with Gasteiger partial charge in [-0.25, -0.2) is 4.68 Å². The summed E-state index contributed by atoms with van der Waals surface area (Å²) in [6.45, 7) is 8.73. The zero-order chi connectivity index (χ0) is 15.2. The van der Waals surface area contributed by atoms with E-state index in [0.717, 1.165) is 31.7 Å². The average molecular weight is 290 g/mol. The molecule has 8 nitrogen and oxygen atoms in total. The lowest BCUT2D eigenvalue weighted by Crippen LogP contribution is -2.25. The molecule has 0 fully saturated rings. The summed E-state index contributed by atoms with van der Waals surface area (Å²) in [5, 5.41) is 11.0. The summed E-state index contributed by atoms with van der Waals surface area (Å²) in [6, 6.07) is 0. The van der Waals surface area contributed by atoms with Crippen molar-refractivity contribution in [2.45, 2.75) is 33.7 Å². The van der Waals surface area contributed by atoms with Crippen molar-refractivity contribution in [2.75, 3.05) is 30.4 Å². The first-order valence-electron chi connectivity index (χ1n) is 7.31. The van der Waals surface area contributed by atoms with E-state index in [9.17, 15) is 0 Å². The molecule has 0 bridgehead atoms. The van der Waals surface area contributed by atoms with Crippen LogP contribution >= 0.6 is 0 Å². The number of aryl methyl sites for hydroxylation is 1. The Morgan fingerprint density at radius 1 is 1.14 bits per heavy atom. The largest absolute Gasteiger partial charge is 0.357 e. The molecule has 114 valence electrons. The third-order valence-electron chi connectivity index (χ3n) is 3.18. The molecule has 0 aliphatic heterocycles. The summed E-state index contributed by atoms with van der Waals surface area (Å²) in [4.78, 5) is 15.5. The second-order valence-corrected chi connectivity index (χ2v) is 4.55. The van der Waals surface area contributed by atoms with Gasteiger partial charge in [-0.05, 0) is 20.3 Å². The monoisotopic (exact) mass is 290 g/mol. The molecule has 0 amide bonds. The number of hydrogen-bond acceptors (Lipinski definition) is 7. The Bertz CT molecular complexity index is 575. The van der Waals surface area contributed by atoms with Gasteiger partial charge in [-0.3, -0.25) is 0 Å². The highest BCUT2D eigenvalue weighted by atomic mass is 15.4. The van der Waals surface area contributed by atoms with Crippen molar-refractivity contribution in [1.82, 2.24) is 29.9 Å². The standard InChI is InChI=1S/C13H22N8/c1-5-8-21-10(9-15-19-21)11-16-12(14-4)18-13(17-11)20(6-2)7-3/h9H,5-8H2,1-4H3,(H,14,16,17,18). The Hall–Kier alpha value is -2.25. The maximum absolute atomic E-state index is 4.57. The number of anilines is 2. The fourth-order valence-corrected chi connectivity index (χ4v) is 2.05. The summed E-state index contributed by atoms with van der Waals surface area (Å²) in [5.74, 6) is 1.81. The van der Waals surface area contributed by atoms with Gasteiger partial charge in [0, 0.05) is 26.7 Å². The smallest absolute Gasteiger partial charge is 0.230 e. The van der Waals surface area contributed by atoms with E-state index in [1.807, 2.05) is 4.68 Å². The van der Waals surface area contributed by atoms with E-state index < -0.39 is 0 Å². The normalized spacial score (nSPS) is 10.7. The molecule has 0 atom stereocenters. The molecule has 2 rings (SSSR count). The molecule has 2 heterocycles. The van der Waals surface area contributed by atoms with Crippen LogP contribution in [0.15, 0.2) is 6.20 Å². The number of hydrogen-bond donors (Lipinski definition) is 1. The molecule has 0 unspecified atom stereocenters. The average Bonchev–Trinajstić information content (AvgIpc) is 2.97. The highest BCUT2D eigenvalue weighted by Gasteiger charge is 2.15. The lowest BCUT2D eigenvalue weighted by atomic mass is 10.4. The van der Waals surface area contributed by atoms with Gasteiger partial charge in [0.05, 0.1) is 6.20 Å². The summed E-state index contributed by atoms with van der Waals surface area (Å²) in [5.41, 5.74) is 0.809. The van der Waals surface area contributed by atoms with Gasteiger partial charge < -0.3 is 10.2 Å². The Morgan fingerprint density at radius 2 is 1.90 bits per heavy atom. The van der Waals surface area contributed by atoms with E-state index >= 15 is 0 Å². The molecule has 0 aliphatic carbocycles. The van der Waals surface area contributed by atoms with E-state index in [1.165, 1.54) is 0 Å². The van der Waals surface area contributed by atoms with Crippen LogP contribution in [0.2, 0.25) is 0 Å². The van der Waals surface area contributed by atoms with Crippen LogP contribution in [0, 0.1) is 0 Å². The third kappa shape index (κ3) is 3.26. The third-order valence-corrected chi connectivity index (χ3v) is 3.18.